The van der Waals surface area contributed by atoms with Crippen molar-refractivity contribution in [3.05, 3.63) is 72.2 Å². The number of hydrogen-bond acceptors (Lipinski definition) is 0. The van der Waals surface area contributed by atoms with Gasteiger partial charge in [0.2, 0.25) is 5.69 Å². The van der Waals surface area contributed by atoms with Gasteiger partial charge in [0.25, 0.3) is 0 Å². The summed E-state index contributed by atoms with van der Waals surface area (Å²) in [6.45, 7) is 4.08. The monoisotopic (exact) mass is 220 g/mol. The van der Waals surface area contributed by atoms with Crippen LogP contribution in [0.1, 0.15) is 5.56 Å². The van der Waals surface area contributed by atoms with Crippen LogP contribution < -0.4 is 9.46 Å². The van der Waals surface area contributed by atoms with E-state index in [1.165, 1.54) is 22.0 Å². The maximum atomic E-state index is 4.08. The molecule has 0 fully saturated rings. The molecule has 17 heavy (non-hydrogen) atoms. The highest BCUT2D eigenvalue weighted by molar-refractivity contribution is 5.62. The van der Waals surface area contributed by atoms with E-state index >= 15 is 0 Å². The van der Waals surface area contributed by atoms with Gasteiger partial charge in [-0.2, -0.15) is 4.24 Å². The Morgan fingerprint density at radius 3 is 2.71 bits per heavy atom. The normalized spacial score (nSPS) is 12.9. The first-order valence-electron chi connectivity index (χ1n) is 5.80. The SMILES string of the molecule is C=[n+]1ccc2c(c1-c1ccccc1)CC=CC=2. The molecule has 1 aliphatic carbocycles. The van der Waals surface area contributed by atoms with Crippen molar-refractivity contribution in [3.63, 3.8) is 0 Å². The first kappa shape index (κ1) is 10.0. The average molecular weight is 220 g/mol. The first-order valence-corrected chi connectivity index (χ1v) is 5.80. The van der Waals surface area contributed by atoms with Crippen LogP contribution in [0.5, 0.6) is 0 Å². The van der Waals surface area contributed by atoms with Crippen LogP contribution in [-0.4, -0.2) is 0 Å². The smallest absolute Gasteiger partial charge is 0.173 e. The maximum Gasteiger partial charge on any atom is 0.221 e. The van der Waals surface area contributed by atoms with E-state index in [1.807, 2.05) is 16.5 Å². The van der Waals surface area contributed by atoms with Crippen LogP contribution >= 0.6 is 0 Å². The van der Waals surface area contributed by atoms with E-state index in [-0.39, 0.29) is 0 Å². The van der Waals surface area contributed by atoms with Crippen LogP contribution in [0.15, 0.2) is 54.7 Å². The van der Waals surface area contributed by atoms with Gasteiger partial charge in [0.05, 0.1) is 0 Å². The number of aromatic nitrogens is 1. The van der Waals surface area contributed by atoms with Crippen LogP contribution in [-0.2, 0) is 6.42 Å². The Hall–Kier alpha value is -2.15. The molecular formula is C16H14N+. The molecule has 1 aromatic heterocycles. The Morgan fingerprint density at radius 1 is 1.06 bits per heavy atom. The van der Waals surface area contributed by atoms with E-state index in [1.54, 1.807) is 0 Å². The summed E-state index contributed by atoms with van der Waals surface area (Å²) in [6.07, 6.45) is 9.47. The molecule has 0 atom stereocenters. The minimum absolute atomic E-state index is 0.979. The number of nitrogens with zero attached hydrogens (tertiary/aromatic N) is 1. The fraction of sp³-hybridized carbons (Fsp3) is 0.0625. The second kappa shape index (κ2) is 4.02. The van der Waals surface area contributed by atoms with Gasteiger partial charge >= 0.3 is 0 Å². The van der Waals surface area contributed by atoms with Crippen molar-refractivity contribution in [2.45, 2.75) is 6.42 Å². The van der Waals surface area contributed by atoms with Crippen LogP contribution in [0.3, 0.4) is 0 Å². The van der Waals surface area contributed by atoms with E-state index < -0.39 is 0 Å². The van der Waals surface area contributed by atoms with Crippen molar-refractivity contribution in [3.8, 4) is 11.3 Å². The van der Waals surface area contributed by atoms with Gasteiger partial charge in [-0.15, -0.1) is 0 Å². The number of pyridine rings is 1. The summed E-state index contributed by atoms with van der Waals surface area (Å²) in [5.74, 6) is 0. The van der Waals surface area contributed by atoms with Crippen LogP contribution in [0.4, 0.5) is 0 Å². The third-order valence-electron chi connectivity index (χ3n) is 3.14. The molecule has 1 heterocycles. The molecular weight excluding hydrogens is 206 g/mol. The highest BCUT2D eigenvalue weighted by Gasteiger charge is 2.15. The largest absolute Gasteiger partial charge is 0.221 e. The highest BCUT2D eigenvalue weighted by atomic mass is 14.8. The Balaban J connectivity index is 2.35. The number of benzene rings is 1. The Kier molecular flexibility index (Phi) is 2.37. The van der Waals surface area contributed by atoms with Crippen LogP contribution in [0.2, 0.25) is 0 Å². The standard InChI is InChI=1S/C16H14N/c1-17-12-11-13-7-5-6-10-15(13)16(17)14-8-3-2-4-9-14/h2-9,11-12H,1,10H2/q+1. The lowest BCUT2D eigenvalue weighted by Gasteiger charge is -2.06. The number of rotatable bonds is 1. The average Bonchev–Trinajstić information content (AvgIpc) is 2.39. The lowest BCUT2D eigenvalue weighted by atomic mass is 9.98. The van der Waals surface area contributed by atoms with Crippen molar-refractivity contribution >= 4 is 6.08 Å². The Bertz CT molecular complexity index is 681. The molecule has 0 amide bonds. The summed E-state index contributed by atoms with van der Waals surface area (Å²) < 4.78 is 1.96. The fourth-order valence-corrected chi connectivity index (χ4v) is 2.32. The van der Waals surface area contributed by atoms with E-state index in [4.69, 9.17) is 0 Å². The molecule has 0 unspecified atom stereocenters. The van der Waals surface area contributed by atoms with Crippen molar-refractivity contribution < 1.29 is 4.24 Å². The molecule has 2 aromatic rings. The van der Waals surface area contributed by atoms with E-state index in [0.29, 0.717) is 0 Å². The predicted octanol–water partition coefficient (Wildman–Crippen LogP) is 2.17. The molecule has 0 radical (unpaired) electrons. The molecule has 82 valence electrons. The van der Waals surface area contributed by atoms with Crippen molar-refractivity contribution in [1.29, 1.82) is 0 Å². The number of hydrogen-bond donors (Lipinski definition) is 0. The third-order valence-corrected chi connectivity index (χ3v) is 3.14. The van der Waals surface area contributed by atoms with Crippen molar-refractivity contribution in [1.82, 2.24) is 0 Å². The van der Waals surface area contributed by atoms with E-state index in [0.717, 1.165) is 6.42 Å². The zero-order valence-electron chi connectivity index (χ0n) is 9.63. The summed E-state index contributed by atoms with van der Waals surface area (Å²) >= 11 is 0. The van der Waals surface area contributed by atoms with Crippen LogP contribution in [0, 0.1) is 6.72 Å². The van der Waals surface area contributed by atoms with Gasteiger partial charge in [-0.1, -0.05) is 36.4 Å². The Morgan fingerprint density at radius 2 is 1.88 bits per heavy atom. The summed E-state index contributed by atoms with van der Waals surface area (Å²) in [7, 11) is 0. The second-order valence-corrected chi connectivity index (χ2v) is 4.23. The van der Waals surface area contributed by atoms with E-state index in [9.17, 15) is 0 Å². The molecule has 0 bridgehead atoms. The lowest BCUT2D eigenvalue weighted by molar-refractivity contribution is -0.486. The molecule has 0 saturated heterocycles. The zero-order valence-corrected chi connectivity index (χ0v) is 9.63. The van der Waals surface area contributed by atoms with Gasteiger partial charge in [-0.05, 0) is 23.8 Å². The lowest BCUT2D eigenvalue weighted by Crippen LogP contribution is -2.26. The first-order chi connectivity index (χ1) is 8.36. The highest BCUT2D eigenvalue weighted by Crippen LogP contribution is 2.18. The topological polar surface area (TPSA) is 5.90 Å². The van der Waals surface area contributed by atoms with Crippen LogP contribution in [0.25, 0.3) is 17.3 Å². The number of fused-ring (bicyclic) bond motifs is 1. The summed E-state index contributed by atoms with van der Waals surface area (Å²) in [6, 6.07) is 12.6. The molecule has 1 aliphatic rings. The molecule has 3 rings (SSSR count). The summed E-state index contributed by atoms with van der Waals surface area (Å²) in [4.78, 5) is 0. The maximum absolute atomic E-state index is 4.08. The molecule has 0 N–H and O–H groups in total. The Labute approximate surface area is 101 Å². The molecule has 0 spiro atoms. The van der Waals surface area contributed by atoms with Crippen molar-refractivity contribution in [2.24, 2.45) is 0 Å². The quantitative estimate of drug-likeness (QED) is 0.650. The van der Waals surface area contributed by atoms with Gasteiger partial charge in [-0.25, -0.2) is 0 Å². The minimum Gasteiger partial charge on any atom is -0.173 e. The molecule has 1 heteroatoms. The van der Waals surface area contributed by atoms with Gasteiger partial charge in [0.1, 0.15) is 6.72 Å². The minimum atomic E-state index is 0.979. The van der Waals surface area contributed by atoms with Gasteiger partial charge in [-0.3, -0.25) is 0 Å². The van der Waals surface area contributed by atoms with Gasteiger partial charge < -0.3 is 0 Å². The third kappa shape index (κ3) is 1.70. The van der Waals surface area contributed by atoms with E-state index in [2.05, 4.69) is 55.3 Å². The molecule has 1 aromatic carbocycles. The summed E-state index contributed by atoms with van der Waals surface area (Å²) in [5, 5.41) is 1.30. The van der Waals surface area contributed by atoms with Gasteiger partial charge in [0, 0.05) is 17.2 Å². The molecule has 0 aliphatic heterocycles. The summed E-state index contributed by atoms with van der Waals surface area (Å²) in [5.41, 5.74) is 3.79. The van der Waals surface area contributed by atoms with Crippen molar-refractivity contribution in [2.75, 3.05) is 0 Å². The second-order valence-electron chi connectivity index (χ2n) is 4.23. The fourth-order valence-electron chi connectivity index (χ4n) is 2.32. The molecule has 0 saturated carbocycles. The molecule has 1 nitrogen and oxygen atoms in total. The predicted molar refractivity (Wildman–Crippen MR) is 69.8 cm³/mol. The number of allylic oxidation sites excluding steroid dienone is 2. The van der Waals surface area contributed by atoms with Gasteiger partial charge in [0.15, 0.2) is 6.20 Å². The zero-order chi connectivity index (χ0) is 11.7.